The van der Waals surface area contributed by atoms with Crippen molar-refractivity contribution in [1.29, 1.82) is 0 Å². The minimum absolute atomic E-state index is 0.0646. The van der Waals surface area contributed by atoms with Gasteiger partial charge in [-0.05, 0) is 49.7 Å². The van der Waals surface area contributed by atoms with Gasteiger partial charge < -0.3 is 4.90 Å². The van der Waals surface area contributed by atoms with Gasteiger partial charge in [-0.3, -0.25) is 9.69 Å². The number of nitrogens with zero attached hydrogens (tertiary/aromatic N) is 2. The predicted octanol–water partition coefficient (Wildman–Crippen LogP) is 2.83. The second-order valence-corrected chi connectivity index (χ2v) is 5.44. The van der Waals surface area contributed by atoms with Crippen LogP contribution in [0.1, 0.15) is 19.3 Å². The Bertz CT molecular complexity index is 495. The van der Waals surface area contributed by atoms with E-state index in [2.05, 4.69) is 0 Å². The molecule has 3 rings (SSSR count). The van der Waals surface area contributed by atoms with E-state index < -0.39 is 0 Å². The van der Waals surface area contributed by atoms with E-state index in [4.69, 9.17) is 23.8 Å². The molecule has 2 aliphatic heterocycles. The van der Waals surface area contributed by atoms with Gasteiger partial charge in [-0.2, -0.15) is 0 Å². The summed E-state index contributed by atoms with van der Waals surface area (Å²) < 4.78 is 0. The Morgan fingerprint density at radius 3 is 2.89 bits per heavy atom. The summed E-state index contributed by atoms with van der Waals surface area (Å²) in [4.78, 5) is 16.1. The summed E-state index contributed by atoms with van der Waals surface area (Å²) in [6, 6.07) is 7.22. The number of halogens is 1. The molecule has 0 aromatic heterocycles. The highest BCUT2D eigenvalue weighted by Crippen LogP contribution is 2.31. The minimum Gasteiger partial charge on any atom is -0.336 e. The van der Waals surface area contributed by atoms with Crippen LogP contribution in [-0.2, 0) is 4.79 Å². The van der Waals surface area contributed by atoms with Crippen molar-refractivity contribution in [3.63, 3.8) is 0 Å². The molecular weight excluding hydrogens is 268 g/mol. The standard InChI is InChI=1S/C13H13ClN2OS/c14-9-4-3-5-10(8-9)16-12(17)11-6-1-2-7-15(11)13(16)18/h3-5,8,11H,1-2,6-7H2/t11-/m1/s1. The summed E-state index contributed by atoms with van der Waals surface area (Å²) >= 11 is 11.4. The number of fused-ring (bicyclic) bond motifs is 1. The molecule has 2 aliphatic rings. The molecule has 0 aliphatic carbocycles. The Hall–Kier alpha value is -1.13. The first-order valence-electron chi connectivity index (χ1n) is 6.08. The molecule has 2 fully saturated rings. The molecule has 0 radical (unpaired) electrons. The molecule has 3 nitrogen and oxygen atoms in total. The number of benzene rings is 1. The number of thiocarbonyl (C=S) groups is 1. The van der Waals surface area contributed by atoms with E-state index in [0.717, 1.165) is 31.5 Å². The molecule has 18 heavy (non-hydrogen) atoms. The number of piperidine rings is 1. The van der Waals surface area contributed by atoms with E-state index in [1.807, 2.05) is 17.0 Å². The zero-order valence-electron chi connectivity index (χ0n) is 9.80. The van der Waals surface area contributed by atoms with Gasteiger partial charge in [0.25, 0.3) is 5.91 Å². The molecule has 0 saturated carbocycles. The lowest BCUT2D eigenvalue weighted by atomic mass is 10.0. The molecule has 2 saturated heterocycles. The molecule has 0 bridgehead atoms. The monoisotopic (exact) mass is 280 g/mol. The van der Waals surface area contributed by atoms with Gasteiger partial charge in [-0.15, -0.1) is 0 Å². The second-order valence-electron chi connectivity index (χ2n) is 4.64. The number of anilines is 1. The molecular formula is C13H13ClN2OS. The molecule has 1 aromatic rings. The Balaban J connectivity index is 1.97. The van der Waals surface area contributed by atoms with E-state index in [1.54, 1.807) is 17.0 Å². The van der Waals surface area contributed by atoms with E-state index in [9.17, 15) is 4.79 Å². The highest BCUT2D eigenvalue weighted by molar-refractivity contribution is 7.80. The fourth-order valence-corrected chi connectivity index (χ4v) is 3.24. The van der Waals surface area contributed by atoms with Crippen LogP contribution in [0.2, 0.25) is 5.02 Å². The van der Waals surface area contributed by atoms with Crippen LogP contribution in [0.3, 0.4) is 0 Å². The van der Waals surface area contributed by atoms with Crippen molar-refractivity contribution in [2.75, 3.05) is 11.4 Å². The average Bonchev–Trinajstić information content (AvgIpc) is 2.63. The molecule has 2 heterocycles. The smallest absolute Gasteiger partial charge is 0.256 e. The van der Waals surface area contributed by atoms with E-state index in [1.165, 1.54) is 0 Å². The van der Waals surface area contributed by atoms with Crippen molar-refractivity contribution in [3.8, 4) is 0 Å². The van der Waals surface area contributed by atoms with Gasteiger partial charge in [0.2, 0.25) is 0 Å². The van der Waals surface area contributed by atoms with Crippen LogP contribution < -0.4 is 4.90 Å². The molecule has 0 N–H and O–H groups in total. The second kappa shape index (κ2) is 4.52. The third-order valence-electron chi connectivity index (χ3n) is 3.51. The van der Waals surface area contributed by atoms with Crippen molar-refractivity contribution in [2.24, 2.45) is 0 Å². The topological polar surface area (TPSA) is 23.6 Å². The number of amides is 1. The fraction of sp³-hybridized carbons (Fsp3) is 0.385. The molecule has 0 unspecified atom stereocenters. The van der Waals surface area contributed by atoms with Crippen molar-refractivity contribution < 1.29 is 4.79 Å². The van der Waals surface area contributed by atoms with Crippen molar-refractivity contribution >= 4 is 40.5 Å². The van der Waals surface area contributed by atoms with Gasteiger partial charge in [0.1, 0.15) is 6.04 Å². The number of rotatable bonds is 1. The lowest BCUT2D eigenvalue weighted by molar-refractivity contribution is -0.120. The normalized spacial score (nSPS) is 23.5. The summed E-state index contributed by atoms with van der Waals surface area (Å²) in [5.74, 6) is 0.0852. The zero-order valence-corrected chi connectivity index (χ0v) is 11.4. The molecule has 1 amide bonds. The SMILES string of the molecule is O=C1[C@H]2CCCCN2C(=S)N1c1cccc(Cl)c1. The maximum atomic E-state index is 12.4. The fourth-order valence-electron chi connectivity index (χ4n) is 2.64. The first kappa shape index (κ1) is 11.9. The summed E-state index contributed by atoms with van der Waals surface area (Å²) in [6.07, 6.45) is 3.10. The summed E-state index contributed by atoms with van der Waals surface area (Å²) in [5.41, 5.74) is 0.770. The molecule has 94 valence electrons. The van der Waals surface area contributed by atoms with Crippen LogP contribution in [0.25, 0.3) is 0 Å². The third-order valence-corrected chi connectivity index (χ3v) is 4.16. The van der Waals surface area contributed by atoms with Crippen LogP contribution >= 0.6 is 23.8 Å². The number of hydrogen-bond acceptors (Lipinski definition) is 2. The van der Waals surface area contributed by atoms with E-state index in [-0.39, 0.29) is 11.9 Å². The van der Waals surface area contributed by atoms with Crippen molar-refractivity contribution in [3.05, 3.63) is 29.3 Å². The highest BCUT2D eigenvalue weighted by atomic mass is 35.5. The van der Waals surface area contributed by atoms with Crippen LogP contribution in [0.5, 0.6) is 0 Å². The number of carbonyl (C=O) groups excluding carboxylic acids is 1. The summed E-state index contributed by atoms with van der Waals surface area (Å²) in [7, 11) is 0. The summed E-state index contributed by atoms with van der Waals surface area (Å²) in [6.45, 7) is 0.881. The molecule has 5 heteroatoms. The van der Waals surface area contributed by atoms with Crippen LogP contribution in [0, 0.1) is 0 Å². The molecule has 1 atom stereocenters. The van der Waals surface area contributed by atoms with E-state index in [0.29, 0.717) is 10.1 Å². The third kappa shape index (κ3) is 1.80. The molecule has 0 spiro atoms. The lowest BCUT2D eigenvalue weighted by Crippen LogP contribution is -2.38. The van der Waals surface area contributed by atoms with Crippen LogP contribution in [0.4, 0.5) is 5.69 Å². The van der Waals surface area contributed by atoms with Crippen LogP contribution in [0.15, 0.2) is 24.3 Å². The van der Waals surface area contributed by atoms with Gasteiger partial charge in [-0.1, -0.05) is 17.7 Å². The van der Waals surface area contributed by atoms with Crippen molar-refractivity contribution in [1.82, 2.24) is 4.90 Å². The quantitative estimate of drug-likeness (QED) is 0.739. The Morgan fingerprint density at radius 2 is 2.17 bits per heavy atom. The van der Waals surface area contributed by atoms with Crippen LogP contribution in [-0.4, -0.2) is 28.5 Å². The first-order valence-corrected chi connectivity index (χ1v) is 6.87. The lowest BCUT2D eigenvalue weighted by Gasteiger charge is -2.27. The Kier molecular flexibility index (Phi) is 2.99. The maximum Gasteiger partial charge on any atom is 0.256 e. The van der Waals surface area contributed by atoms with Gasteiger partial charge in [-0.25, -0.2) is 0 Å². The van der Waals surface area contributed by atoms with Crippen molar-refractivity contribution in [2.45, 2.75) is 25.3 Å². The molecule has 1 aromatic carbocycles. The van der Waals surface area contributed by atoms with Gasteiger partial charge in [0.05, 0.1) is 5.69 Å². The number of carbonyl (C=O) groups is 1. The Labute approximate surface area is 116 Å². The first-order chi connectivity index (χ1) is 8.68. The summed E-state index contributed by atoms with van der Waals surface area (Å²) in [5, 5.41) is 1.24. The average molecular weight is 281 g/mol. The minimum atomic E-state index is -0.0646. The van der Waals surface area contributed by atoms with Gasteiger partial charge in [0, 0.05) is 11.6 Å². The largest absolute Gasteiger partial charge is 0.336 e. The zero-order chi connectivity index (χ0) is 12.7. The number of hydrogen-bond donors (Lipinski definition) is 0. The van der Waals surface area contributed by atoms with E-state index >= 15 is 0 Å². The Morgan fingerprint density at radius 1 is 1.33 bits per heavy atom. The van der Waals surface area contributed by atoms with Gasteiger partial charge in [0.15, 0.2) is 5.11 Å². The predicted molar refractivity (Wildman–Crippen MR) is 75.9 cm³/mol. The maximum absolute atomic E-state index is 12.4. The van der Waals surface area contributed by atoms with Gasteiger partial charge >= 0.3 is 0 Å². The highest BCUT2D eigenvalue weighted by Gasteiger charge is 2.43.